The van der Waals surface area contributed by atoms with E-state index in [1.807, 2.05) is 7.05 Å². The first-order chi connectivity index (χ1) is 8.22. The fourth-order valence-electron chi connectivity index (χ4n) is 1.58. The molecule has 0 aliphatic heterocycles. The molecule has 3 nitrogen and oxygen atoms in total. The fraction of sp³-hybridized carbons (Fsp3) is 0.250. The van der Waals surface area contributed by atoms with Crippen LogP contribution in [0.25, 0.3) is 11.4 Å². The van der Waals surface area contributed by atoms with E-state index in [1.165, 1.54) is 6.07 Å². The van der Waals surface area contributed by atoms with E-state index in [1.54, 1.807) is 18.2 Å². The van der Waals surface area contributed by atoms with Crippen molar-refractivity contribution in [2.24, 2.45) is 0 Å². The molecular weight excluding hydrogens is 241 g/mol. The van der Waals surface area contributed by atoms with Crippen LogP contribution < -0.4 is 5.32 Å². The topological polar surface area (TPSA) is 40.7 Å². The monoisotopic (exact) mass is 253 g/mol. The standard InChI is InChI=1S/C12H13ClFN3/c1-15-7-6-10-11(13)17-12(16-10)8-4-2-3-5-9(8)14/h2-5,15H,6-7H2,1H3,(H,16,17). The summed E-state index contributed by atoms with van der Waals surface area (Å²) in [6, 6.07) is 6.48. The summed E-state index contributed by atoms with van der Waals surface area (Å²) in [6.07, 6.45) is 0.733. The normalized spacial score (nSPS) is 10.8. The Morgan fingerprint density at radius 2 is 2.18 bits per heavy atom. The lowest BCUT2D eigenvalue weighted by Gasteiger charge is -1.98. The average Bonchev–Trinajstić information content (AvgIpc) is 2.68. The number of likely N-dealkylation sites (N-methyl/N-ethyl adjacent to an activating group) is 1. The third-order valence-corrected chi connectivity index (χ3v) is 2.79. The van der Waals surface area contributed by atoms with Gasteiger partial charge < -0.3 is 10.3 Å². The SMILES string of the molecule is CNCCc1[nH]c(-c2ccccc2F)nc1Cl. The van der Waals surface area contributed by atoms with Gasteiger partial charge in [0.2, 0.25) is 0 Å². The zero-order chi connectivity index (χ0) is 12.3. The number of aromatic amines is 1. The van der Waals surface area contributed by atoms with Crippen LogP contribution in [0.4, 0.5) is 4.39 Å². The minimum atomic E-state index is -0.307. The van der Waals surface area contributed by atoms with Gasteiger partial charge in [-0.2, -0.15) is 0 Å². The van der Waals surface area contributed by atoms with Crippen molar-refractivity contribution >= 4 is 11.6 Å². The van der Waals surface area contributed by atoms with Crippen LogP contribution in [0.2, 0.25) is 5.15 Å². The van der Waals surface area contributed by atoms with Gasteiger partial charge in [-0.05, 0) is 19.2 Å². The zero-order valence-corrected chi connectivity index (χ0v) is 10.2. The Labute approximate surface area is 104 Å². The van der Waals surface area contributed by atoms with E-state index in [0.29, 0.717) is 16.5 Å². The van der Waals surface area contributed by atoms with E-state index < -0.39 is 0 Å². The highest BCUT2D eigenvalue weighted by molar-refractivity contribution is 6.30. The Hall–Kier alpha value is -1.39. The minimum absolute atomic E-state index is 0.307. The maximum Gasteiger partial charge on any atom is 0.150 e. The molecule has 0 radical (unpaired) electrons. The molecule has 2 rings (SSSR count). The third-order valence-electron chi connectivity index (χ3n) is 2.48. The molecular formula is C12H13ClFN3. The lowest BCUT2D eigenvalue weighted by atomic mass is 10.2. The molecule has 0 aliphatic carbocycles. The lowest BCUT2D eigenvalue weighted by molar-refractivity contribution is 0.630. The van der Waals surface area contributed by atoms with Crippen LogP contribution in [0, 0.1) is 5.82 Å². The summed E-state index contributed by atoms with van der Waals surface area (Å²) >= 11 is 5.99. The van der Waals surface area contributed by atoms with Crippen LogP contribution in [-0.2, 0) is 6.42 Å². The number of hydrogen-bond acceptors (Lipinski definition) is 2. The first-order valence-electron chi connectivity index (χ1n) is 5.36. The summed E-state index contributed by atoms with van der Waals surface area (Å²) in [5.74, 6) is 0.164. The number of H-pyrrole nitrogens is 1. The van der Waals surface area contributed by atoms with E-state index in [2.05, 4.69) is 15.3 Å². The van der Waals surface area contributed by atoms with Crippen LogP contribution in [0.1, 0.15) is 5.69 Å². The van der Waals surface area contributed by atoms with Gasteiger partial charge in [-0.15, -0.1) is 0 Å². The Bertz CT molecular complexity index is 510. The van der Waals surface area contributed by atoms with Crippen molar-refractivity contribution < 1.29 is 4.39 Å². The summed E-state index contributed by atoms with van der Waals surface area (Å²) in [7, 11) is 1.86. The van der Waals surface area contributed by atoms with E-state index in [4.69, 9.17) is 11.6 Å². The van der Waals surface area contributed by atoms with Gasteiger partial charge in [-0.25, -0.2) is 9.37 Å². The van der Waals surface area contributed by atoms with Crippen molar-refractivity contribution in [2.75, 3.05) is 13.6 Å². The summed E-state index contributed by atoms with van der Waals surface area (Å²) in [4.78, 5) is 7.19. The molecule has 0 bridgehead atoms. The first kappa shape index (κ1) is 12.1. The number of imidazole rings is 1. The van der Waals surface area contributed by atoms with E-state index in [0.717, 1.165) is 18.7 Å². The molecule has 1 aromatic carbocycles. The van der Waals surface area contributed by atoms with Crippen LogP contribution in [-0.4, -0.2) is 23.6 Å². The molecule has 0 fully saturated rings. The van der Waals surface area contributed by atoms with Crippen molar-refractivity contribution in [3.05, 3.63) is 40.9 Å². The Morgan fingerprint density at radius 1 is 1.41 bits per heavy atom. The number of hydrogen-bond donors (Lipinski definition) is 2. The van der Waals surface area contributed by atoms with Gasteiger partial charge in [-0.1, -0.05) is 23.7 Å². The average molecular weight is 254 g/mol. The molecule has 0 amide bonds. The van der Waals surface area contributed by atoms with Crippen molar-refractivity contribution in [1.29, 1.82) is 0 Å². The van der Waals surface area contributed by atoms with E-state index in [9.17, 15) is 4.39 Å². The highest BCUT2D eigenvalue weighted by Crippen LogP contribution is 2.23. The van der Waals surface area contributed by atoms with Gasteiger partial charge in [0.05, 0.1) is 11.3 Å². The molecule has 0 unspecified atom stereocenters. The predicted molar refractivity (Wildman–Crippen MR) is 66.6 cm³/mol. The Balaban J connectivity index is 2.31. The molecule has 2 N–H and O–H groups in total. The molecule has 1 heterocycles. The minimum Gasteiger partial charge on any atom is -0.340 e. The Morgan fingerprint density at radius 3 is 2.88 bits per heavy atom. The highest BCUT2D eigenvalue weighted by atomic mass is 35.5. The Kier molecular flexibility index (Phi) is 3.76. The largest absolute Gasteiger partial charge is 0.340 e. The van der Waals surface area contributed by atoms with Crippen molar-refractivity contribution in [1.82, 2.24) is 15.3 Å². The zero-order valence-electron chi connectivity index (χ0n) is 9.43. The fourth-order valence-corrected chi connectivity index (χ4v) is 1.81. The number of nitrogens with one attached hydrogen (secondary N) is 2. The van der Waals surface area contributed by atoms with Crippen molar-refractivity contribution in [3.63, 3.8) is 0 Å². The number of benzene rings is 1. The van der Waals surface area contributed by atoms with Gasteiger partial charge in [0.15, 0.2) is 5.15 Å². The van der Waals surface area contributed by atoms with Gasteiger partial charge in [0.1, 0.15) is 11.6 Å². The number of rotatable bonds is 4. The number of aromatic nitrogens is 2. The van der Waals surface area contributed by atoms with Crippen molar-refractivity contribution in [2.45, 2.75) is 6.42 Å². The van der Waals surface area contributed by atoms with Crippen LogP contribution >= 0.6 is 11.6 Å². The third kappa shape index (κ3) is 2.65. The summed E-state index contributed by atoms with van der Waals surface area (Å²) < 4.78 is 13.6. The molecule has 2 aromatic rings. The molecule has 0 spiro atoms. The molecule has 5 heteroatoms. The second-order valence-electron chi connectivity index (χ2n) is 3.69. The van der Waals surface area contributed by atoms with Crippen LogP contribution in [0.15, 0.2) is 24.3 Å². The molecule has 0 atom stereocenters. The highest BCUT2D eigenvalue weighted by Gasteiger charge is 2.12. The van der Waals surface area contributed by atoms with Crippen LogP contribution in [0.5, 0.6) is 0 Å². The smallest absolute Gasteiger partial charge is 0.150 e. The number of halogens is 2. The van der Waals surface area contributed by atoms with Crippen LogP contribution in [0.3, 0.4) is 0 Å². The van der Waals surface area contributed by atoms with Gasteiger partial charge in [0.25, 0.3) is 0 Å². The molecule has 0 aliphatic rings. The predicted octanol–water partition coefficient (Wildman–Crippen LogP) is 2.63. The van der Waals surface area contributed by atoms with Gasteiger partial charge in [-0.3, -0.25) is 0 Å². The second-order valence-corrected chi connectivity index (χ2v) is 4.05. The maximum atomic E-state index is 13.6. The second kappa shape index (κ2) is 5.29. The summed E-state index contributed by atoms with van der Waals surface area (Å²) in [5, 5.41) is 3.42. The van der Waals surface area contributed by atoms with Gasteiger partial charge in [0, 0.05) is 13.0 Å². The van der Waals surface area contributed by atoms with Gasteiger partial charge >= 0.3 is 0 Å². The lowest BCUT2D eigenvalue weighted by Crippen LogP contribution is -2.10. The first-order valence-corrected chi connectivity index (χ1v) is 5.74. The van der Waals surface area contributed by atoms with E-state index >= 15 is 0 Å². The molecule has 0 saturated heterocycles. The molecule has 0 saturated carbocycles. The molecule has 90 valence electrons. The maximum absolute atomic E-state index is 13.6. The summed E-state index contributed by atoms with van der Waals surface area (Å²) in [5.41, 5.74) is 1.25. The summed E-state index contributed by atoms with van der Waals surface area (Å²) in [6.45, 7) is 0.790. The molecule has 17 heavy (non-hydrogen) atoms. The quantitative estimate of drug-likeness (QED) is 0.880. The van der Waals surface area contributed by atoms with Crippen molar-refractivity contribution in [3.8, 4) is 11.4 Å². The molecule has 1 aromatic heterocycles. The van der Waals surface area contributed by atoms with E-state index in [-0.39, 0.29) is 5.82 Å². The number of nitrogens with zero attached hydrogens (tertiary/aromatic N) is 1.